The van der Waals surface area contributed by atoms with Gasteiger partial charge >= 0.3 is 0 Å². The molecule has 0 radical (unpaired) electrons. The van der Waals surface area contributed by atoms with Gasteiger partial charge in [-0.15, -0.1) is 0 Å². The molecule has 0 aliphatic rings. The average molecular weight is 286 g/mol. The Balaban J connectivity index is 2.47. The molecule has 2 nitrogen and oxygen atoms in total. The van der Waals surface area contributed by atoms with Crippen molar-refractivity contribution >= 4 is 21.6 Å². The van der Waals surface area contributed by atoms with E-state index in [-0.39, 0.29) is 0 Å². The lowest BCUT2D eigenvalue weighted by atomic mass is 10.1. The molecule has 1 N–H and O–H groups in total. The summed E-state index contributed by atoms with van der Waals surface area (Å²) < 4.78 is 6.17. The summed E-state index contributed by atoms with van der Waals surface area (Å²) in [6.07, 6.45) is 2.25. The molecule has 0 unspecified atom stereocenters. The first-order chi connectivity index (χ1) is 7.65. The predicted molar refractivity (Wildman–Crippen MR) is 73.2 cm³/mol. The molecule has 0 aliphatic heterocycles. The Hall–Kier alpha value is -0.540. The summed E-state index contributed by atoms with van der Waals surface area (Å²) in [5.41, 5.74) is 3.85. The van der Waals surface area contributed by atoms with Crippen molar-refractivity contribution in [2.24, 2.45) is 0 Å². The molecule has 0 heterocycles. The third kappa shape index (κ3) is 4.14. The van der Waals surface area contributed by atoms with Gasteiger partial charge in [-0.05, 0) is 49.9 Å². The second kappa shape index (κ2) is 6.92. The summed E-state index contributed by atoms with van der Waals surface area (Å²) in [7, 11) is 1.75. The number of halogens is 1. The van der Waals surface area contributed by atoms with Gasteiger partial charge in [-0.3, -0.25) is 0 Å². The lowest BCUT2D eigenvalue weighted by molar-refractivity contribution is 0.194. The van der Waals surface area contributed by atoms with Crippen LogP contribution in [0.4, 0.5) is 5.69 Å². The van der Waals surface area contributed by atoms with E-state index in [1.165, 1.54) is 16.8 Å². The number of benzene rings is 1. The smallest absolute Gasteiger partial charge is 0.0462 e. The van der Waals surface area contributed by atoms with Crippen LogP contribution in [0, 0.1) is 13.8 Å². The lowest BCUT2D eigenvalue weighted by Gasteiger charge is -2.13. The third-order valence-corrected chi connectivity index (χ3v) is 3.03. The van der Waals surface area contributed by atoms with Crippen LogP contribution in [-0.4, -0.2) is 20.3 Å². The largest absolute Gasteiger partial charge is 0.385 e. The average Bonchev–Trinajstić information content (AvgIpc) is 2.20. The van der Waals surface area contributed by atoms with Crippen molar-refractivity contribution in [2.75, 3.05) is 25.6 Å². The minimum absolute atomic E-state index is 0.847. The third-order valence-electron chi connectivity index (χ3n) is 2.57. The van der Waals surface area contributed by atoms with E-state index in [0.29, 0.717) is 0 Å². The summed E-state index contributed by atoms with van der Waals surface area (Å²) in [5.74, 6) is 0. The van der Waals surface area contributed by atoms with Gasteiger partial charge in [0.1, 0.15) is 0 Å². The van der Waals surface area contributed by atoms with Crippen molar-refractivity contribution in [3.05, 3.63) is 27.7 Å². The van der Waals surface area contributed by atoms with Crippen molar-refractivity contribution in [3.63, 3.8) is 0 Å². The fourth-order valence-corrected chi connectivity index (χ4v) is 2.46. The van der Waals surface area contributed by atoms with Gasteiger partial charge in [-0.25, -0.2) is 0 Å². The molecule has 0 bridgehead atoms. The molecule has 90 valence electrons. The van der Waals surface area contributed by atoms with E-state index in [9.17, 15) is 0 Å². The van der Waals surface area contributed by atoms with Gasteiger partial charge in [-0.1, -0.05) is 15.9 Å². The van der Waals surface area contributed by atoms with Crippen LogP contribution in [-0.2, 0) is 4.74 Å². The summed E-state index contributed by atoms with van der Waals surface area (Å²) in [5, 5.41) is 3.49. The Morgan fingerprint density at radius 3 is 2.38 bits per heavy atom. The molecular weight excluding hydrogens is 266 g/mol. The van der Waals surface area contributed by atoms with Gasteiger partial charge in [-0.2, -0.15) is 0 Å². The first kappa shape index (κ1) is 13.5. The van der Waals surface area contributed by atoms with E-state index in [4.69, 9.17) is 4.74 Å². The van der Waals surface area contributed by atoms with Gasteiger partial charge in [0.05, 0.1) is 0 Å². The maximum absolute atomic E-state index is 5.02. The van der Waals surface area contributed by atoms with Gasteiger partial charge < -0.3 is 10.1 Å². The Morgan fingerprint density at radius 2 is 1.81 bits per heavy atom. The van der Waals surface area contributed by atoms with Gasteiger partial charge in [0.15, 0.2) is 0 Å². The molecule has 1 aromatic rings. The number of aryl methyl sites for hydroxylation is 2. The van der Waals surface area contributed by atoms with Crippen LogP contribution in [0.5, 0.6) is 0 Å². The zero-order chi connectivity index (χ0) is 12.0. The highest BCUT2D eigenvalue weighted by Gasteiger charge is 2.03. The van der Waals surface area contributed by atoms with E-state index in [0.717, 1.165) is 30.5 Å². The first-order valence-corrected chi connectivity index (χ1v) is 6.44. The molecule has 0 aromatic heterocycles. The minimum atomic E-state index is 0.847. The molecular formula is C13H20BrNO. The molecule has 0 saturated heterocycles. The Bertz CT molecular complexity index is 316. The Labute approximate surface area is 107 Å². The van der Waals surface area contributed by atoms with E-state index in [1.807, 2.05) is 0 Å². The summed E-state index contributed by atoms with van der Waals surface area (Å²) in [6, 6.07) is 4.29. The summed E-state index contributed by atoms with van der Waals surface area (Å²) in [6.45, 7) is 6.12. The van der Waals surface area contributed by atoms with E-state index < -0.39 is 0 Å². The Kier molecular flexibility index (Phi) is 5.85. The number of rotatable bonds is 6. The van der Waals surface area contributed by atoms with Crippen molar-refractivity contribution in [2.45, 2.75) is 26.7 Å². The predicted octanol–water partition coefficient (Wildman–Crippen LogP) is 3.90. The normalized spacial score (nSPS) is 10.5. The number of hydrogen-bond donors (Lipinski definition) is 1. The number of ether oxygens (including phenoxy) is 1. The quantitative estimate of drug-likeness (QED) is 0.801. The maximum atomic E-state index is 5.02. The zero-order valence-electron chi connectivity index (χ0n) is 10.3. The highest BCUT2D eigenvalue weighted by Crippen LogP contribution is 2.24. The molecule has 16 heavy (non-hydrogen) atoms. The standard InChI is InChI=1S/C13H20BrNO/c1-10-8-12(14)9-11(2)13(10)15-6-4-5-7-16-3/h8-9,15H,4-7H2,1-3H3. The van der Waals surface area contributed by atoms with Crippen LogP contribution in [0.15, 0.2) is 16.6 Å². The molecule has 0 atom stereocenters. The highest BCUT2D eigenvalue weighted by atomic mass is 79.9. The zero-order valence-corrected chi connectivity index (χ0v) is 11.9. The number of hydrogen-bond acceptors (Lipinski definition) is 2. The molecule has 1 aromatic carbocycles. The maximum Gasteiger partial charge on any atom is 0.0462 e. The van der Waals surface area contributed by atoms with Gasteiger partial charge in [0, 0.05) is 30.4 Å². The van der Waals surface area contributed by atoms with E-state index >= 15 is 0 Å². The fourth-order valence-electron chi connectivity index (χ4n) is 1.77. The minimum Gasteiger partial charge on any atom is -0.385 e. The number of nitrogens with one attached hydrogen (secondary N) is 1. The number of anilines is 1. The topological polar surface area (TPSA) is 21.3 Å². The molecule has 0 fully saturated rings. The second-order valence-corrected chi connectivity index (χ2v) is 4.96. The Morgan fingerprint density at radius 1 is 1.19 bits per heavy atom. The summed E-state index contributed by atoms with van der Waals surface area (Å²) >= 11 is 3.51. The van der Waals surface area contributed by atoms with Crippen LogP contribution in [0.3, 0.4) is 0 Å². The molecule has 0 saturated carbocycles. The van der Waals surface area contributed by atoms with Crippen molar-refractivity contribution in [1.29, 1.82) is 0 Å². The van der Waals surface area contributed by atoms with Crippen LogP contribution in [0.2, 0.25) is 0 Å². The SMILES string of the molecule is COCCCCNc1c(C)cc(Br)cc1C. The number of methoxy groups -OCH3 is 1. The first-order valence-electron chi connectivity index (χ1n) is 5.64. The molecule has 0 amide bonds. The van der Waals surface area contributed by atoms with Crippen LogP contribution >= 0.6 is 15.9 Å². The second-order valence-electron chi connectivity index (χ2n) is 4.04. The van der Waals surface area contributed by atoms with Crippen LogP contribution in [0.1, 0.15) is 24.0 Å². The van der Waals surface area contributed by atoms with Gasteiger partial charge in [0.25, 0.3) is 0 Å². The number of unbranched alkanes of at least 4 members (excludes halogenated alkanes) is 1. The monoisotopic (exact) mass is 285 g/mol. The van der Waals surface area contributed by atoms with Gasteiger partial charge in [0.2, 0.25) is 0 Å². The molecule has 0 aliphatic carbocycles. The summed E-state index contributed by atoms with van der Waals surface area (Å²) in [4.78, 5) is 0. The fraction of sp³-hybridized carbons (Fsp3) is 0.538. The molecule has 0 spiro atoms. The van der Waals surface area contributed by atoms with Crippen molar-refractivity contribution in [1.82, 2.24) is 0 Å². The lowest BCUT2D eigenvalue weighted by Crippen LogP contribution is -2.05. The molecule has 3 heteroatoms. The van der Waals surface area contributed by atoms with E-state index in [1.54, 1.807) is 7.11 Å². The van der Waals surface area contributed by atoms with E-state index in [2.05, 4.69) is 47.2 Å². The van der Waals surface area contributed by atoms with Crippen LogP contribution in [0.25, 0.3) is 0 Å². The van der Waals surface area contributed by atoms with Crippen LogP contribution < -0.4 is 5.32 Å². The van der Waals surface area contributed by atoms with Crippen molar-refractivity contribution in [3.8, 4) is 0 Å². The highest BCUT2D eigenvalue weighted by molar-refractivity contribution is 9.10. The molecule has 1 rings (SSSR count). The van der Waals surface area contributed by atoms with Crippen molar-refractivity contribution < 1.29 is 4.74 Å².